The van der Waals surface area contributed by atoms with Gasteiger partial charge in [-0.15, -0.1) is 0 Å². The summed E-state index contributed by atoms with van der Waals surface area (Å²) in [5, 5.41) is 8.01. The van der Waals surface area contributed by atoms with Crippen LogP contribution in [0.3, 0.4) is 0 Å². The lowest BCUT2D eigenvalue weighted by molar-refractivity contribution is 0.111. The highest BCUT2D eigenvalue weighted by molar-refractivity contribution is 5.90. The number of alkyl halides is 1. The number of nitrogens with zero attached hydrogens (tertiary/aromatic N) is 7. The van der Waals surface area contributed by atoms with Crippen LogP contribution in [0.5, 0.6) is 0 Å². The largest absolute Gasteiger partial charge is 0.377 e. The zero-order valence-corrected chi connectivity index (χ0v) is 18.5. The lowest BCUT2D eigenvalue weighted by Crippen LogP contribution is -2.58. The summed E-state index contributed by atoms with van der Waals surface area (Å²) in [6.45, 7) is 6.14. The second-order valence-corrected chi connectivity index (χ2v) is 8.05. The second kappa shape index (κ2) is 9.11. The molecule has 1 saturated heterocycles. The predicted molar refractivity (Wildman–Crippen MR) is 119 cm³/mol. The number of fused-ring (bicyclic) bond motifs is 1. The van der Waals surface area contributed by atoms with E-state index in [2.05, 4.69) is 39.3 Å². The summed E-state index contributed by atoms with van der Waals surface area (Å²) >= 11 is 0. The molecule has 10 heteroatoms. The Bertz CT molecular complexity index is 1050. The third-order valence-corrected chi connectivity index (χ3v) is 5.45. The van der Waals surface area contributed by atoms with Gasteiger partial charge in [0.1, 0.15) is 23.5 Å². The minimum Gasteiger partial charge on any atom is -0.377 e. The normalized spacial score (nSPS) is 14.5. The molecule has 9 nitrogen and oxygen atoms in total. The number of rotatable bonds is 9. The Morgan fingerprint density at radius 3 is 2.74 bits per heavy atom. The Labute approximate surface area is 181 Å². The maximum Gasteiger partial charge on any atom is 0.228 e. The van der Waals surface area contributed by atoms with Gasteiger partial charge >= 0.3 is 0 Å². The maximum absolute atomic E-state index is 12.4. The Balaban J connectivity index is 1.70. The van der Waals surface area contributed by atoms with E-state index in [0.29, 0.717) is 36.8 Å². The molecule has 3 aromatic rings. The standard InChI is InChI=1S/C21H29FN8O/c1-14-5-7-23-17(11-14)24-20-19-18(15(2)27-30(19)8-10-31-9-6-22)25-21(26-20)29-12-16(13-29)28(3)4/h5,7,11,16H,6,8-10,12-13H2,1-4H3,(H,23,24,25,26). The first-order valence-electron chi connectivity index (χ1n) is 10.5. The number of hydrogen-bond donors (Lipinski definition) is 1. The maximum atomic E-state index is 12.4. The first kappa shape index (κ1) is 21.4. The molecule has 1 aliphatic heterocycles. The SMILES string of the molecule is Cc1ccnc(Nc2nc(N3CC(N(C)C)C3)nc3c(C)nn(CCOCCF)c23)c1. The van der Waals surface area contributed by atoms with Crippen molar-refractivity contribution < 1.29 is 9.13 Å². The number of pyridine rings is 1. The van der Waals surface area contributed by atoms with E-state index in [-0.39, 0.29) is 6.61 Å². The van der Waals surface area contributed by atoms with Crippen LogP contribution in [0.4, 0.5) is 22.0 Å². The zero-order valence-electron chi connectivity index (χ0n) is 18.5. The number of likely N-dealkylation sites (N-methyl/N-ethyl adjacent to an activating group) is 1. The number of ether oxygens (including phenoxy) is 1. The molecule has 0 saturated carbocycles. The highest BCUT2D eigenvalue weighted by Gasteiger charge is 2.31. The van der Waals surface area contributed by atoms with E-state index in [9.17, 15) is 4.39 Å². The van der Waals surface area contributed by atoms with Gasteiger partial charge in [0.05, 0.1) is 25.5 Å². The predicted octanol–water partition coefficient (Wildman–Crippen LogP) is 2.32. The van der Waals surface area contributed by atoms with Crippen molar-refractivity contribution in [1.29, 1.82) is 0 Å². The molecule has 1 N–H and O–H groups in total. The number of nitrogens with one attached hydrogen (secondary N) is 1. The van der Waals surface area contributed by atoms with Crippen molar-refractivity contribution in [3.63, 3.8) is 0 Å². The van der Waals surface area contributed by atoms with Crippen molar-refractivity contribution >= 4 is 28.6 Å². The highest BCUT2D eigenvalue weighted by atomic mass is 19.1. The Morgan fingerprint density at radius 2 is 2.03 bits per heavy atom. The monoisotopic (exact) mass is 428 g/mol. The van der Waals surface area contributed by atoms with Crippen molar-refractivity contribution in [3.8, 4) is 0 Å². The van der Waals surface area contributed by atoms with Gasteiger partial charge in [0.25, 0.3) is 0 Å². The van der Waals surface area contributed by atoms with E-state index in [0.717, 1.165) is 35.4 Å². The van der Waals surface area contributed by atoms with Crippen LogP contribution in [0.25, 0.3) is 11.0 Å². The van der Waals surface area contributed by atoms with Crippen molar-refractivity contribution in [2.24, 2.45) is 0 Å². The number of aromatic nitrogens is 5. The van der Waals surface area contributed by atoms with Crippen LogP contribution in [0.15, 0.2) is 18.3 Å². The van der Waals surface area contributed by atoms with E-state index in [4.69, 9.17) is 14.7 Å². The second-order valence-electron chi connectivity index (χ2n) is 8.05. The number of halogens is 1. The molecule has 0 spiro atoms. The molecule has 0 radical (unpaired) electrons. The van der Waals surface area contributed by atoms with Crippen LogP contribution in [0.2, 0.25) is 0 Å². The van der Waals surface area contributed by atoms with Crippen LogP contribution in [0.1, 0.15) is 11.3 Å². The van der Waals surface area contributed by atoms with Crippen LogP contribution in [0, 0.1) is 13.8 Å². The van der Waals surface area contributed by atoms with Gasteiger partial charge in [-0.25, -0.2) is 14.4 Å². The fraction of sp³-hybridized carbons (Fsp3) is 0.524. The van der Waals surface area contributed by atoms with Crippen molar-refractivity contribution in [2.45, 2.75) is 26.4 Å². The van der Waals surface area contributed by atoms with Gasteiger partial charge in [0, 0.05) is 25.3 Å². The van der Waals surface area contributed by atoms with Crippen LogP contribution < -0.4 is 10.2 Å². The molecule has 4 heterocycles. The van der Waals surface area contributed by atoms with Gasteiger partial charge in [0.15, 0.2) is 5.82 Å². The molecule has 4 rings (SSSR count). The molecule has 0 aromatic carbocycles. The first-order valence-corrected chi connectivity index (χ1v) is 10.5. The van der Waals surface area contributed by atoms with Crippen molar-refractivity contribution in [2.75, 3.05) is 57.3 Å². The molecular weight excluding hydrogens is 399 g/mol. The van der Waals surface area contributed by atoms with Crippen molar-refractivity contribution in [1.82, 2.24) is 29.6 Å². The fourth-order valence-electron chi connectivity index (χ4n) is 3.59. The molecule has 0 bridgehead atoms. The van der Waals surface area contributed by atoms with Crippen LogP contribution in [-0.2, 0) is 11.3 Å². The lowest BCUT2D eigenvalue weighted by atomic mass is 10.1. The Hall–Kier alpha value is -2.85. The van der Waals surface area contributed by atoms with Gasteiger partial charge in [-0.05, 0) is 45.6 Å². The Morgan fingerprint density at radius 1 is 1.23 bits per heavy atom. The molecule has 1 fully saturated rings. The average molecular weight is 429 g/mol. The third-order valence-electron chi connectivity index (χ3n) is 5.45. The summed E-state index contributed by atoms with van der Waals surface area (Å²) in [5.41, 5.74) is 3.50. The van der Waals surface area contributed by atoms with E-state index in [1.807, 2.05) is 30.7 Å². The number of hydrogen-bond acceptors (Lipinski definition) is 8. The molecule has 0 aliphatic carbocycles. The third kappa shape index (κ3) is 4.59. The summed E-state index contributed by atoms with van der Waals surface area (Å²) in [4.78, 5) is 18.5. The van der Waals surface area contributed by atoms with E-state index in [1.165, 1.54) is 0 Å². The van der Waals surface area contributed by atoms with E-state index in [1.54, 1.807) is 6.20 Å². The fourth-order valence-corrected chi connectivity index (χ4v) is 3.59. The zero-order chi connectivity index (χ0) is 22.0. The van der Waals surface area contributed by atoms with Crippen molar-refractivity contribution in [3.05, 3.63) is 29.6 Å². The average Bonchev–Trinajstić information content (AvgIpc) is 3.00. The van der Waals surface area contributed by atoms with Gasteiger partial charge in [0.2, 0.25) is 5.95 Å². The summed E-state index contributed by atoms with van der Waals surface area (Å²) < 4.78 is 19.5. The molecule has 1 aliphatic rings. The first-order chi connectivity index (χ1) is 15.0. The topological polar surface area (TPSA) is 84.2 Å². The number of anilines is 3. The molecule has 166 valence electrons. The molecule has 0 unspecified atom stereocenters. The lowest BCUT2D eigenvalue weighted by Gasteiger charge is -2.42. The van der Waals surface area contributed by atoms with Gasteiger partial charge in [-0.3, -0.25) is 4.68 Å². The summed E-state index contributed by atoms with van der Waals surface area (Å²) in [6.07, 6.45) is 1.77. The quantitative estimate of drug-likeness (QED) is 0.520. The smallest absolute Gasteiger partial charge is 0.228 e. The molecule has 31 heavy (non-hydrogen) atoms. The Kier molecular flexibility index (Phi) is 6.28. The minimum atomic E-state index is -0.499. The summed E-state index contributed by atoms with van der Waals surface area (Å²) in [7, 11) is 4.17. The summed E-state index contributed by atoms with van der Waals surface area (Å²) in [6, 6.07) is 4.41. The highest BCUT2D eigenvalue weighted by Crippen LogP contribution is 2.30. The van der Waals surface area contributed by atoms with E-state index >= 15 is 0 Å². The van der Waals surface area contributed by atoms with E-state index < -0.39 is 6.67 Å². The molecule has 0 amide bonds. The van der Waals surface area contributed by atoms with Crippen LogP contribution in [-0.4, -0.2) is 82.7 Å². The summed E-state index contributed by atoms with van der Waals surface area (Å²) in [5.74, 6) is 2.04. The molecule has 0 atom stereocenters. The molecule has 3 aromatic heterocycles. The van der Waals surface area contributed by atoms with Gasteiger partial charge in [-0.1, -0.05) is 0 Å². The van der Waals surface area contributed by atoms with Gasteiger partial charge < -0.3 is 19.9 Å². The molecular formula is C21H29FN8O. The van der Waals surface area contributed by atoms with Crippen LogP contribution >= 0.6 is 0 Å². The number of aryl methyl sites for hydroxylation is 2. The minimum absolute atomic E-state index is 0.0825. The van der Waals surface area contributed by atoms with Gasteiger partial charge in [-0.2, -0.15) is 10.1 Å².